The summed E-state index contributed by atoms with van der Waals surface area (Å²) in [6.45, 7) is 0. The maximum Gasteiger partial charge on any atom is 0.337 e. The van der Waals surface area contributed by atoms with Crippen molar-refractivity contribution in [3.8, 4) is 0 Å². The molecule has 2 aromatic heterocycles. The molecule has 0 aliphatic carbocycles. The number of pyridine rings is 1. The Kier molecular flexibility index (Phi) is 5.06. The number of nitrogens with one attached hydrogen (secondary N) is 2. The van der Waals surface area contributed by atoms with Gasteiger partial charge in [0.2, 0.25) is 0 Å². The number of esters is 1. The fourth-order valence-corrected chi connectivity index (χ4v) is 2.72. The predicted octanol–water partition coefficient (Wildman–Crippen LogP) is 3.93. The van der Waals surface area contributed by atoms with E-state index in [1.165, 1.54) is 18.4 Å². The van der Waals surface area contributed by atoms with Gasteiger partial charge in [-0.25, -0.2) is 9.78 Å². The Labute approximate surface area is 148 Å². The summed E-state index contributed by atoms with van der Waals surface area (Å²) in [7, 11) is 1.34. The molecule has 0 fully saturated rings. The molecule has 126 valence electrons. The summed E-state index contributed by atoms with van der Waals surface area (Å²) in [6, 6.07) is 14.0. The highest BCUT2D eigenvalue weighted by molar-refractivity contribution is 7.12. The summed E-state index contributed by atoms with van der Waals surface area (Å²) >= 11 is 1.38. The molecule has 0 aliphatic heterocycles. The second kappa shape index (κ2) is 7.59. The zero-order chi connectivity index (χ0) is 17.6. The summed E-state index contributed by atoms with van der Waals surface area (Å²) in [5.41, 5.74) is 1.88. The van der Waals surface area contributed by atoms with E-state index >= 15 is 0 Å². The Morgan fingerprint density at radius 3 is 2.40 bits per heavy atom. The first-order valence-corrected chi connectivity index (χ1v) is 8.30. The maximum atomic E-state index is 12.0. The van der Waals surface area contributed by atoms with E-state index in [1.807, 2.05) is 11.4 Å². The Bertz CT molecular complexity index is 860. The number of ether oxygens (including phenoxy) is 1. The molecule has 6 nitrogen and oxygen atoms in total. The minimum atomic E-state index is -0.379. The Hall–Kier alpha value is -3.19. The van der Waals surface area contributed by atoms with Gasteiger partial charge >= 0.3 is 5.97 Å². The summed E-state index contributed by atoms with van der Waals surface area (Å²) < 4.78 is 4.66. The fraction of sp³-hybridized carbons (Fsp3) is 0.0556. The van der Waals surface area contributed by atoms with Crippen LogP contribution in [0.5, 0.6) is 0 Å². The molecular formula is C18H15N3O3S. The smallest absolute Gasteiger partial charge is 0.337 e. The molecule has 0 atom stereocenters. The van der Waals surface area contributed by atoms with E-state index in [2.05, 4.69) is 20.4 Å². The Morgan fingerprint density at radius 2 is 1.80 bits per heavy atom. The number of benzene rings is 1. The third-order valence-electron chi connectivity index (χ3n) is 3.34. The van der Waals surface area contributed by atoms with E-state index < -0.39 is 0 Å². The van der Waals surface area contributed by atoms with Gasteiger partial charge in [-0.05, 0) is 47.8 Å². The minimum absolute atomic E-state index is 0.157. The number of aromatic nitrogens is 1. The van der Waals surface area contributed by atoms with Crippen molar-refractivity contribution in [1.82, 2.24) is 4.98 Å². The second-order valence-electron chi connectivity index (χ2n) is 5.06. The molecule has 3 rings (SSSR count). The van der Waals surface area contributed by atoms with Gasteiger partial charge in [0.1, 0.15) is 5.82 Å². The van der Waals surface area contributed by atoms with Gasteiger partial charge < -0.3 is 15.4 Å². The normalized spacial score (nSPS) is 10.1. The molecule has 0 saturated carbocycles. The monoisotopic (exact) mass is 353 g/mol. The molecule has 2 N–H and O–H groups in total. The average Bonchev–Trinajstić information content (AvgIpc) is 3.18. The van der Waals surface area contributed by atoms with Crippen LogP contribution in [-0.2, 0) is 4.74 Å². The first kappa shape index (κ1) is 16.7. The quantitative estimate of drug-likeness (QED) is 0.680. The highest BCUT2D eigenvalue weighted by Crippen LogP contribution is 2.18. The molecule has 0 saturated heterocycles. The van der Waals surface area contributed by atoms with E-state index in [0.29, 0.717) is 21.9 Å². The van der Waals surface area contributed by atoms with Gasteiger partial charge in [-0.2, -0.15) is 0 Å². The molecule has 2 heterocycles. The Balaban J connectivity index is 1.62. The van der Waals surface area contributed by atoms with Crippen LogP contribution in [-0.4, -0.2) is 24.0 Å². The van der Waals surface area contributed by atoms with Gasteiger partial charge in [-0.15, -0.1) is 11.3 Å². The first-order chi connectivity index (χ1) is 12.2. The maximum absolute atomic E-state index is 12.0. The largest absolute Gasteiger partial charge is 0.465 e. The van der Waals surface area contributed by atoms with Crippen molar-refractivity contribution in [1.29, 1.82) is 0 Å². The lowest BCUT2D eigenvalue weighted by molar-refractivity contribution is 0.0600. The Morgan fingerprint density at radius 1 is 1.04 bits per heavy atom. The molecule has 0 bridgehead atoms. The summed E-state index contributed by atoms with van der Waals surface area (Å²) in [5.74, 6) is 0.0892. The molecule has 1 amide bonds. The van der Waals surface area contributed by atoms with Gasteiger partial charge in [0.25, 0.3) is 5.91 Å². The number of hydrogen-bond acceptors (Lipinski definition) is 6. The standard InChI is InChI=1S/C18H15N3O3S/c1-24-18(23)12-4-6-13(7-5-12)20-16-9-8-14(11-19-16)21-17(22)15-3-2-10-25-15/h2-11H,1H3,(H,19,20)(H,21,22). The first-order valence-electron chi connectivity index (χ1n) is 7.42. The van der Waals surface area contributed by atoms with Gasteiger partial charge in [-0.1, -0.05) is 6.07 Å². The average molecular weight is 353 g/mol. The van der Waals surface area contributed by atoms with Gasteiger partial charge in [0, 0.05) is 5.69 Å². The van der Waals surface area contributed by atoms with Crippen molar-refractivity contribution in [2.75, 3.05) is 17.7 Å². The minimum Gasteiger partial charge on any atom is -0.465 e. The predicted molar refractivity (Wildman–Crippen MR) is 97.6 cm³/mol. The second-order valence-corrected chi connectivity index (χ2v) is 6.01. The number of hydrogen-bond donors (Lipinski definition) is 2. The molecule has 0 aliphatic rings. The number of amides is 1. The number of anilines is 3. The van der Waals surface area contributed by atoms with Crippen LogP contribution in [0.4, 0.5) is 17.2 Å². The number of thiophene rings is 1. The molecule has 0 radical (unpaired) electrons. The van der Waals surface area contributed by atoms with Crippen molar-refractivity contribution < 1.29 is 14.3 Å². The van der Waals surface area contributed by atoms with E-state index in [9.17, 15) is 9.59 Å². The van der Waals surface area contributed by atoms with Crippen LogP contribution >= 0.6 is 11.3 Å². The SMILES string of the molecule is COC(=O)c1ccc(Nc2ccc(NC(=O)c3cccs3)cn2)cc1. The lowest BCUT2D eigenvalue weighted by Crippen LogP contribution is -2.10. The van der Waals surface area contributed by atoms with Gasteiger partial charge in [-0.3, -0.25) is 4.79 Å². The van der Waals surface area contributed by atoms with E-state index in [4.69, 9.17) is 0 Å². The molecule has 0 unspecified atom stereocenters. The van der Waals surface area contributed by atoms with Crippen molar-refractivity contribution in [3.63, 3.8) is 0 Å². The molecule has 3 aromatic rings. The number of carbonyl (C=O) groups excluding carboxylic acids is 2. The van der Waals surface area contributed by atoms with Crippen LogP contribution in [0.25, 0.3) is 0 Å². The molecular weight excluding hydrogens is 338 g/mol. The molecule has 7 heteroatoms. The highest BCUT2D eigenvalue weighted by atomic mass is 32.1. The lowest BCUT2D eigenvalue weighted by Gasteiger charge is -2.08. The number of rotatable bonds is 5. The molecule has 0 spiro atoms. The van der Waals surface area contributed by atoms with Crippen molar-refractivity contribution >= 4 is 40.4 Å². The topological polar surface area (TPSA) is 80.3 Å². The summed E-state index contributed by atoms with van der Waals surface area (Å²) in [6.07, 6.45) is 1.58. The fourth-order valence-electron chi connectivity index (χ4n) is 2.10. The third kappa shape index (κ3) is 4.21. The van der Waals surface area contributed by atoms with Crippen LogP contribution < -0.4 is 10.6 Å². The van der Waals surface area contributed by atoms with Crippen LogP contribution in [0.3, 0.4) is 0 Å². The van der Waals surface area contributed by atoms with Crippen LogP contribution in [0.1, 0.15) is 20.0 Å². The number of nitrogens with zero attached hydrogens (tertiary/aromatic N) is 1. The zero-order valence-corrected chi connectivity index (χ0v) is 14.2. The van der Waals surface area contributed by atoms with E-state index in [0.717, 1.165) is 5.69 Å². The van der Waals surface area contributed by atoms with Crippen LogP contribution in [0.15, 0.2) is 60.1 Å². The zero-order valence-electron chi connectivity index (χ0n) is 13.4. The molecule has 1 aromatic carbocycles. The lowest BCUT2D eigenvalue weighted by atomic mass is 10.2. The van der Waals surface area contributed by atoms with Crippen molar-refractivity contribution in [3.05, 3.63) is 70.5 Å². The van der Waals surface area contributed by atoms with Gasteiger partial charge in [0.15, 0.2) is 0 Å². The van der Waals surface area contributed by atoms with Crippen molar-refractivity contribution in [2.24, 2.45) is 0 Å². The van der Waals surface area contributed by atoms with Gasteiger partial charge in [0.05, 0.1) is 29.4 Å². The highest BCUT2D eigenvalue weighted by Gasteiger charge is 2.07. The van der Waals surface area contributed by atoms with Crippen LogP contribution in [0, 0.1) is 0 Å². The summed E-state index contributed by atoms with van der Waals surface area (Å²) in [4.78, 5) is 28.3. The van der Waals surface area contributed by atoms with Crippen LogP contribution in [0.2, 0.25) is 0 Å². The van der Waals surface area contributed by atoms with Crippen molar-refractivity contribution in [2.45, 2.75) is 0 Å². The third-order valence-corrected chi connectivity index (χ3v) is 4.21. The number of carbonyl (C=O) groups is 2. The number of methoxy groups -OCH3 is 1. The molecule has 25 heavy (non-hydrogen) atoms. The summed E-state index contributed by atoms with van der Waals surface area (Å²) in [5, 5.41) is 7.77. The van der Waals surface area contributed by atoms with E-state index in [-0.39, 0.29) is 11.9 Å². The van der Waals surface area contributed by atoms with E-state index in [1.54, 1.807) is 48.7 Å².